The number of hydrogen-bond acceptors (Lipinski definition) is 6. The Morgan fingerprint density at radius 3 is 2.41 bits per heavy atom. The predicted octanol–water partition coefficient (Wildman–Crippen LogP) is 1.40. The number of sulfonamides is 1. The van der Waals surface area contributed by atoms with Crippen LogP contribution in [0.3, 0.4) is 0 Å². The Balaban J connectivity index is 1.91. The average Bonchev–Trinajstić information content (AvgIpc) is 3.16. The smallest absolute Gasteiger partial charge is 0.330 e. The Hall–Kier alpha value is -2.30. The molecule has 1 heterocycles. The molecule has 0 atom stereocenters. The number of carbonyl (C=O) groups excluding carboxylic acids is 2. The van der Waals surface area contributed by atoms with E-state index in [0.29, 0.717) is 18.8 Å². The molecule has 1 aromatic rings. The Kier molecular flexibility index (Phi) is 7.45. The minimum atomic E-state index is -3.47. The zero-order chi connectivity index (χ0) is 19.9. The van der Waals surface area contributed by atoms with Crippen molar-refractivity contribution in [2.75, 3.05) is 25.0 Å². The van der Waals surface area contributed by atoms with Crippen LogP contribution in [0.4, 0.5) is 5.69 Å². The number of anilines is 1. The highest BCUT2D eigenvalue weighted by Gasteiger charge is 2.26. The molecule has 1 saturated heterocycles. The van der Waals surface area contributed by atoms with Crippen molar-refractivity contribution in [1.29, 1.82) is 0 Å². The van der Waals surface area contributed by atoms with Crippen LogP contribution in [-0.2, 0) is 24.3 Å². The van der Waals surface area contributed by atoms with Gasteiger partial charge in [-0.3, -0.25) is 10.1 Å². The van der Waals surface area contributed by atoms with Gasteiger partial charge in [-0.15, -0.1) is 0 Å². The van der Waals surface area contributed by atoms with Crippen LogP contribution in [-0.4, -0.2) is 49.4 Å². The Bertz CT molecular complexity index is 829. The number of benzene rings is 1. The molecular formula is C17H21N3O5S2. The van der Waals surface area contributed by atoms with Gasteiger partial charge in [0.1, 0.15) is 0 Å². The molecule has 0 aliphatic carbocycles. The van der Waals surface area contributed by atoms with Gasteiger partial charge < -0.3 is 10.1 Å². The first-order valence-electron chi connectivity index (χ1n) is 8.40. The topological polar surface area (TPSA) is 105 Å². The summed E-state index contributed by atoms with van der Waals surface area (Å²) in [5.74, 6) is -1.21. The lowest BCUT2D eigenvalue weighted by Gasteiger charge is -2.16. The number of rotatable bonds is 6. The quantitative estimate of drug-likeness (QED) is 0.414. The average molecular weight is 412 g/mol. The molecule has 0 bridgehead atoms. The van der Waals surface area contributed by atoms with Crippen LogP contribution in [0.1, 0.15) is 19.8 Å². The standard InChI is InChI=1S/C17H21N3O5S2/c1-2-25-16(22)10-9-15(21)19-17(26)18-13-5-7-14(8-6-13)27(23,24)20-11-3-4-12-20/h5-10H,2-4,11-12H2,1H3,(H2,18,19,21,26). The van der Waals surface area contributed by atoms with E-state index in [1.54, 1.807) is 19.1 Å². The van der Waals surface area contributed by atoms with Crippen molar-refractivity contribution >= 4 is 44.9 Å². The molecule has 2 N–H and O–H groups in total. The first-order valence-corrected chi connectivity index (χ1v) is 10.2. The first-order chi connectivity index (χ1) is 12.8. The van der Waals surface area contributed by atoms with Crippen molar-refractivity contribution in [2.24, 2.45) is 0 Å². The third-order valence-corrected chi connectivity index (χ3v) is 5.83. The molecule has 0 saturated carbocycles. The summed E-state index contributed by atoms with van der Waals surface area (Å²) in [6, 6.07) is 6.11. The fourth-order valence-corrected chi connectivity index (χ4v) is 4.17. The van der Waals surface area contributed by atoms with E-state index < -0.39 is 21.9 Å². The van der Waals surface area contributed by atoms with E-state index in [2.05, 4.69) is 15.4 Å². The summed E-state index contributed by atoms with van der Waals surface area (Å²) in [5.41, 5.74) is 0.523. The molecule has 0 radical (unpaired) electrons. The fraction of sp³-hybridized carbons (Fsp3) is 0.353. The van der Waals surface area contributed by atoms with Gasteiger partial charge in [0.2, 0.25) is 15.9 Å². The second-order valence-electron chi connectivity index (χ2n) is 5.66. The summed E-state index contributed by atoms with van der Waals surface area (Å²) in [7, 11) is -3.47. The molecule has 0 spiro atoms. The van der Waals surface area contributed by atoms with Gasteiger partial charge >= 0.3 is 5.97 Å². The lowest BCUT2D eigenvalue weighted by molar-refractivity contribution is -0.137. The molecule has 10 heteroatoms. The zero-order valence-corrected chi connectivity index (χ0v) is 16.4. The largest absolute Gasteiger partial charge is 0.463 e. The van der Waals surface area contributed by atoms with E-state index in [1.807, 2.05) is 0 Å². The van der Waals surface area contributed by atoms with E-state index in [0.717, 1.165) is 25.0 Å². The molecule has 1 fully saturated rings. The maximum absolute atomic E-state index is 12.5. The Morgan fingerprint density at radius 1 is 1.19 bits per heavy atom. The van der Waals surface area contributed by atoms with Crippen LogP contribution in [0.25, 0.3) is 0 Å². The fourth-order valence-electron chi connectivity index (χ4n) is 2.44. The van der Waals surface area contributed by atoms with Crippen LogP contribution in [0.5, 0.6) is 0 Å². The van der Waals surface area contributed by atoms with Gasteiger partial charge in [-0.25, -0.2) is 13.2 Å². The van der Waals surface area contributed by atoms with Gasteiger partial charge in [0.15, 0.2) is 5.11 Å². The van der Waals surface area contributed by atoms with Crippen LogP contribution in [0.2, 0.25) is 0 Å². The SMILES string of the molecule is CCOC(=O)C=CC(=O)NC(=S)Nc1ccc(S(=O)(=O)N2CCCC2)cc1. The van der Waals surface area contributed by atoms with Gasteiger partial charge in [-0.1, -0.05) is 0 Å². The van der Waals surface area contributed by atoms with Crippen molar-refractivity contribution in [3.05, 3.63) is 36.4 Å². The summed E-state index contributed by atoms with van der Waals surface area (Å²) < 4.78 is 31.1. The molecule has 1 aromatic carbocycles. The highest BCUT2D eigenvalue weighted by molar-refractivity contribution is 7.89. The molecule has 146 valence electrons. The zero-order valence-electron chi connectivity index (χ0n) is 14.8. The van der Waals surface area contributed by atoms with E-state index in [1.165, 1.54) is 16.4 Å². The minimum Gasteiger partial charge on any atom is -0.463 e. The van der Waals surface area contributed by atoms with Gasteiger partial charge in [-0.2, -0.15) is 4.31 Å². The van der Waals surface area contributed by atoms with Gasteiger partial charge in [0.05, 0.1) is 11.5 Å². The predicted molar refractivity (Wildman–Crippen MR) is 105 cm³/mol. The normalized spacial score (nSPS) is 14.9. The molecular weight excluding hydrogens is 390 g/mol. The summed E-state index contributed by atoms with van der Waals surface area (Å²) in [4.78, 5) is 23.0. The van der Waals surface area contributed by atoms with Crippen LogP contribution < -0.4 is 10.6 Å². The molecule has 0 aromatic heterocycles. The molecule has 2 rings (SSSR count). The second-order valence-corrected chi connectivity index (χ2v) is 8.01. The van der Waals surface area contributed by atoms with Crippen molar-refractivity contribution in [3.8, 4) is 0 Å². The minimum absolute atomic E-state index is 0.0173. The number of nitrogens with one attached hydrogen (secondary N) is 2. The first kappa shape index (κ1) is 21.0. The van der Waals surface area contributed by atoms with Gasteiger partial charge in [0, 0.05) is 30.9 Å². The van der Waals surface area contributed by atoms with Crippen molar-refractivity contribution in [3.63, 3.8) is 0 Å². The van der Waals surface area contributed by atoms with Crippen LogP contribution in [0, 0.1) is 0 Å². The summed E-state index contributed by atoms with van der Waals surface area (Å²) in [6.45, 7) is 2.95. The summed E-state index contributed by atoms with van der Waals surface area (Å²) >= 11 is 5.02. The van der Waals surface area contributed by atoms with Crippen molar-refractivity contribution < 1.29 is 22.7 Å². The third-order valence-electron chi connectivity index (χ3n) is 3.71. The van der Waals surface area contributed by atoms with E-state index in [4.69, 9.17) is 12.2 Å². The maximum atomic E-state index is 12.5. The monoisotopic (exact) mass is 411 g/mol. The Labute approximate surface area is 163 Å². The molecule has 1 aliphatic rings. The van der Waals surface area contributed by atoms with Crippen molar-refractivity contribution in [1.82, 2.24) is 9.62 Å². The van der Waals surface area contributed by atoms with Crippen molar-refractivity contribution in [2.45, 2.75) is 24.7 Å². The van der Waals surface area contributed by atoms with Gasteiger partial charge in [0.25, 0.3) is 0 Å². The van der Waals surface area contributed by atoms with Crippen LogP contribution in [0.15, 0.2) is 41.3 Å². The third kappa shape index (κ3) is 6.12. The number of hydrogen-bond donors (Lipinski definition) is 2. The molecule has 1 amide bonds. The van der Waals surface area contributed by atoms with E-state index in [9.17, 15) is 18.0 Å². The van der Waals surface area contributed by atoms with E-state index in [-0.39, 0.29) is 16.6 Å². The molecule has 8 nitrogen and oxygen atoms in total. The molecule has 27 heavy (non-hydrogen) atoms. The number of amides is 1. The highest BCUT2D eigenvalue weighted by Crippen LogP contribution is 2.22. The van der Waals surface area contributed by atoms with E-state index >= 15 is 0 Å². The van der Waals surface area contributed by atoms with Crippen LogP contribution >= 0.6 is 12.2 Å². The lowest BCUT2D eigenvalue weighted by atomic mass is 10.3. The lowest BCUT2D eigenvalue weighted by Crippen LogP contribution is -2.33. The maximum Gasteiger partial charge on any atom is 0.330 e. The summed E-state index contributed by atoms with van der Waals surface area (Å²) in [5, 5.41) is 5.17. The Morgan fingerprint density at radius 2 is 1.81 bits per heavy atom. The number of carbonyl (C=O) groups is 2. The second kappa shape index (κ2) is 9.58. The number of ether oxygens (including phenoxy) is 1. The highest BCUT2D eigenvalue weighted by atomic mass is 32.2. The number of nitrogens with zero attached hydrogens (tertiary/aromatic N) is 1. The molecule has 1 aliphatic heterocycles. The van der Waals surface area contributed by atoms with Gasteiger partial charge in [-0.05, 0) is 56.2 Å². The number of thiocarbonyl (C=S) groups is 1. The summed E-state index contributed by atoms with van der Waals surface area (Å²) in [6.07, 6.45) is 3.76. The number of esters is 1. The molecule has 0 unspecified atom stereocenters.